The summed E-state index contributed by atoms with van der Waals surface area (Å²) in [6.07, 6.45) is 0. The zero-order chi connectivity index (χ0) is 22.2. The lowest BCUT2D eigenvalue weighted by Gasteiger charge is -2.16. The van der Waals surface area contributed by atoms with Gasteiger partial charge in [0.15, 0.2) is 0 Å². The average molecular weight is 420 g/mol. The quantitative estimate of drug-likeness (QED) is 0.360. The average Bonchev–Trinajstić information content (AvgIpc) is 3.24. The van der Waals surface area contributed by atoms with E-state index in [1.54, 1.807) is 14.2 Å². The Bertz CT molecular complexity index is 1490. The molecule has 0 aliphatic heterocycles. The number of hydrogen-bond donors (Lipinski definition) is 2. The minimum absolute atomic E-state index is 0.0250. The molecular formula is C27H20N2O3. The Morgan fingerprint density at radius 3 is 1.91 bits per heavy atom. The Hall–Kier alpha value is -4.43. The predicted octanol–water partition coefficient (Wildman–Crippen LogP) is 6.25. The molecule has 4 aromatic carbocycles. The number of rotatable bonds is 4. The topological polar surface area (TPSA) is 78.3 Å². The van der Waals surface area contributed by atoms with Gasteiger partial charge in [-0.1, -0.05) is 42.5 Å². The van der Waals surface area contributed by atoms with Crippen LogP contribution in [0.1, 0.15) is 5.56 Å². The van der Waals surface area contributed by atoms with Gasteiger partial charge < -0.3 is 19.6 Å². The van der Waals surface area contributed by atoms with Crippen molar-refractivity contribution >= 4 is 21.8 Å². The lowest BCUT2D eigenvalue weighted by atomic mass is 9.87. The normalized spacial score (nSPS) is 10.9. The maximum absolute atomic E-state index is 11.2. The molecule has 1 heterocycles. The van der Waals surface area contributed by atoms with Crippen molar-refractivity contribution in [2.75, 3.05) is 14.2 Å². The van der Waals surface area contributed by atoms with Crippen molar-refractivity contribution in [3.63, 3.8) is 0 Å². The van der Waals surface area contributed by atoms with Gasteiger partial charge >= 0.3 is 0 Å². The van der Waals surface area contributed by atoms with E-state index in [1.165, 1.54) is 0 Å². The van der Waals surface area contributed by atoms with E-state index in [1.807, 2.05) is 72.8 Å². The number of aromatic hydroxyl groups is 1. The standard InChI is InChI=1S/C27H20N2O3/c1-31-18-11-7-16(8-12-18)23-21(15-28)27(30)25-20-5-3-4-6-22(20)29-26(25)24(23)17-9-13-19(32-2)14-10-17/h3-14,29-30H,1-2H3. The number of nitrogens with zero attached hydrogens (tertiary/aromatic N) is 1. The molecule has 0 radical (unpaired) electrons. The number of phenols is 1. The first kappa shape index (κ1) is 19.5. The van der Waals surface area contributed by atoms with Crippen molar-refractivity contribution in [3.8, 4) is 45.6 Å². The zero-order valence-corrected chi connectivity index (χ0v) is 17.6. The molecule has 0 saturated heterocycles. The highest BCUT2D eigenvalue weighted by Crippen LogP contribution is 2.48. The van der Waals surface area contributed by atoms with E-state index in [0.29, 0.717) is 16.7 Å². The van der Waals surface area contributed by atoms with Crippen LogP contribution >= 0.6 is 0 Å². The van der Waals surface area contributed by atoms with Crippen molar-refractivity contribution in [2.45, 2.75) is 0 Å². The van der Waals surface area contributed by atoms with Gasteiger partial charge in [0.1, 0.15) is 28.9 Å². The van der Waals surface area contributed by atoms with Gasteiger partial charge in [-0.15, -0.1) is 0 Å². The number of phenolic OH excluding ortho intramolecular Hbond substituents is 1. The van der Waals surface area contributed by atoms with Gasteiger partial charge in [0.2, 0.25) is 0 Å². The summed E-state index contributed by atoms with van der Waals surface area (Å²) < 4.78 is 10.6. The number of aromatic amines is 1. The minimum Gasteiger partial charge on any atom is -0.506 e. The van der Waals surface area contributed by atoms with Gasteiger partial charge in [-0.05, 0) is 41.5 Å². The molecule has 0 amide bonds. The number of methoxy groups -OCH3 is 2. The first-order chi connectivity index (χ1) is 15.7. The maximum Gasteiger partial charge on any atom is 0.144 e. The maximum atomic E-state index is 11.2. The third-order valence-electron chi connectivity index (χ3n) is 5.80. The van der Waals surface area contributed by atoms with Crippen molar-refractivity contribution in [2.24, 2.45) is 0 Å². The first-order valence-electron chi connectivity index (χ1n) is 10.1. The van der Waals surface area contributed by atoms with E-state index in [0.717, 1.165) is 38.9 Å². The minimum atomic E-state index is -0.0250. The molecule has 0 atom stereocenters. The number of fused-ring (bicyclic) bond motifs is 3. The van der Waals surface area contributed by atoms with Crippen LogP contribution in [0, 0.1) is 11.3 Å². The lowest BCUT2D eigenvalue weighted by molar-refractivity contribution is 0.414. The van der Waals surface area contributed by atoms with Gasteiger partial charge in [-0.3, -0.25) is 0 Å². The van der Waals surface area contributed by atoms with E-state index in [9.17, 15) is 10.4 Å². The first-order valence-corrected chi connectivity index (χ1v) is 10.1. The molecular weight excluding hydrogens is 400 g/mol. The Morgan fingerprint density at radius 2 is 1.34 bits per heavy atom. The SMILES string of the molecule is COc1ccc(-c2c(C#N)c(O)c3c([nH]c4ccccc43)c2-c2ccc(OC)cc2)cc1. The number of aromatic nitrogens is 1. The molecule has 0 saturated carbocycles. The van der Waals surface area contributed by atoms with Crippen molar-refractivity contribution < 1.29 is 14.6 Å². The molecule has 0 aliphatic rings. The van der Waals surface area contributed by atoms with Crippen molar-refractivity contribution in [1.82, 2.24) is 4.98 Å². The van der Waals surface area contributed by atoms with E-state index in [-0.39, 0.29) is 11.3 Å². The van der Waals surface area contributed by atoms with Crippen LogP contribution in [0.15, 0.2) is 72.8 Å². The van der Waals surface area contributed by atoms with E-state index < -0.39 is 0 Å². The van der Waals surface area contributed by atoms with Gasteiger partial charge in [0.05, 0.1) is 25.1 Å². The summed E-state index contributed by atoms with van der Waals surface area (Å²) in [6.45, 7) is 0. The largest absolute Gasteiger partial charge is 0.506 e. The van der Waals surface area contributed by atoms with Crippen LogP contribution in [0.4, 0.5) is 0 Å². The Balaban J connectivity index is 1.95. The summed E-state index contributed by atoms with van der Waals surface area (Å²) in [7, 11) is 3.24. The summed E-state index contributed by atoms with van der Waals surface area (Å²) in [5, 5.41) is 22.9. The lowest BCUT2D eigenvalue weighted by Crippen LogP contribution is -1.94. The second-order valence-corrected chi connectivity index (χ2v) is 7.46. The number of para-hydroxylation sites is 1. The summed E-state index contributed by atoms with van der Waals surface area (Å²) in [4.78, 5) is 3.47. The fraction of sp³-hybridized carbons (Fsp3) is 0.0741. The summed E-state index contributed by atoms with van der Waals surface area (Å²) in [5.41, 5.74) is 5.13. The Morgan fingerprint density at radius 1 is 0.781 bits per heavy atom. The van der Waals surface area contributed by atoms with Crippen LogP contribution in [0.2, 0.25) is 0 Å². The number of benzene rings is 4. The third kappa shape index (κ3) is 2.93. The third-order valence-corrected chi connectivity index (χ3v) is 5.80. The zero-order valence-electron chi connectivity index (χ0n) is 17.6. The smallest absolute Gasteiger partial charge is 0.144 e. The molecule has 0 unspecified atom stereocenters. The number of hydrogen-bond acceptors (Lipinski definition) is 4. The fourth-order valence-corrected chi connectivity index (χ4v) is 4.27. The predicted molar refractivity (Wildman–Crippen MR) is 126 cm³/mol. The highest BCUT2D eigenvalue weighted by molar-refractivity contribution is 6.19. The Labute approximate surface area is 185 Å². The summed E-state index contributed by atoms with van der Waals surface area (Å²) >= 11 is 0. The van der Waals surface area contributed by atoms with Crippen LogP contribution in [-0.4, -0.2) is 24.3 Å². The number of nitriles is 1. The van der Waals surface area contributed by atoms with E-state index >= 15 is 0 Å². The molecule has 0 spiro atoms. The van der Waals surface area contributed by atoms with Crippen LogP contribution in [0.25, 0.3) is 44.1 Å². The van der Waals surface area contributed by atoms with Crippen LogP contribution in [0.5, 0.6) is 17.2 Å². The van der Waals surface area contributed by atoms with E-state index in [2.05, 4.69) is 11.1 Å². The van der Waals surface area contributed by atoms with Crippen molar-refractivity contribution in [1.29, 1.82) is 5.26 Å². The molecule has 2 N–H and O–H groups in total. The monoisotopic (exact) mass is 420 g/mol. The molecule has 0 fully saturated rings. The molecule has 1 aromatic heterocycles. The van der Waals surface area contributed by atoms with Gasteiger partial charge in [-0.25, -0.2) is 0 Å². The highest BCUT2D eigenvalue weighted by atomic mass is 16.5. The van der Waals surface area contributed by atoms with Crippen molar-refractivity contribution in [3.05, 3.63) is 78.4 Å². The number of ether oxygens (including phenoxy) is 2. The van der Waals surface area contributed by atoms with Gasteiger partial charge in [0, 0.05) is 22.0 Å². The molecule has 0 bridgehead atoms. The van der Waals surface area contributed by atoms with Gasteiger partial charge in [-0.2, -0.15) is 5.26 Å². The molecule has 5 nitrogen and oxygen atoms in total. The molecule has 0 aliphatic carbocycles. The Kier molecular flexibility index (Phi) is 4.68. The summed E-state index contributed by atoms with van der Waals surface area (Å²) in [6, 6.07) is 25.2. The van der Waals surface area contributed by atoms with Gasteiger partial charge in [0.25, 0.3) is 0 Å². The van der Waals surface area contributed by atoms with Crippen LogP contribution in [0.3, 0.4) is 0 Å². The van der Waals surface area contributed by atoms with Crippen LogP contribution in [-0.2, 0) is 0 Å². The molecule has 156 valence electrons. The molecule has 5 aromatic rings. The fourth-order valence-electron chi connectivity index (χ4n) is 4.27. The van der Waals surface area contributed by atoms with E-state index in [4.69, 9.17) is 9.47 Å². The van der Waals surface area contributed by atoms with Crippen LogP contribution < -0.4 is 9.47 Å². The molecule has 5 rings (SSSR count). The second-order valence-electron chi connectivity index (χ2n) is 7.46. The highest BCUT2D eigenvalue weighted by Gasteiger charge is 2.24. The molecule has 5 heteroatoms. The number of nitrogens with one attached hydrogen (secondary N) is 1. The number of H-pyrrole nitrogens is 1. The summed E-state index contributed by atoms with van der Waals surface area (Å²) in [5.74, 6) is 1.43. The molecule has 32 heavy (non-hydrogen) atoms. The second kappa shape index (κ2) is 7.68.